The molecule has 1 saturated carbocycles. The van der Waals surface area contributed by atoms with Crippen LogP contribution in [0.4, 0.5) is 0 Å². The highest BCUT2D eigenvalue weighted by Crippen LogP contribution is 2.36. The molecule has 0 bridgehead atoms. The molecule has 1 aromatic rings. The van der Waals surface area contributed by atoms with E-state index in [1.54, 1.807) is 7.11 Å². The summed E-state index contributed by atoms with van der Waals surface area (Å²) in [5.74, 6) is 1.90. The number of ether oxygens (including phenoxy) is 3. The van der Waals surface area contributed by atoms with Crippen LogP contribution in [0.5, 0.6) is 11.5 Å². The maximum atomic E-state index is 6.29. The van der Waals surface area contributed by atoms with Crippen molar-refractivity contribution in [3.8, 4) is 11.5 Å². The number of methoxy groups -OCH3 is 1. The lowest BCUT2D eigenvalue weighted by Gasteiger charge is -2.15. The summed E-state index contributed by atoms with van der Waals surface area (Å²) in [6, 6.07) is 4.26. The Hall–Kier alpha value is -0.970. The first-order chi connectivity index (χ1) is 10.1. The van der Waals surface area contributed by atoms with Gasteiger partial charge in [-0.15, -0.1) is 0 Å². The second-order valence-electron chi connectivity index (χ2n) is 5.72. The van der Waals surface area contributed by atoms with Crippen LogP contribution in [0.1, 0.15) is 32.3 Å². The Kier molecular flexibility index (Phi) is 6.15. The van der Waals surface area contributed by atoms with Gasteiger partial charge in [-0.2, -0.15) is 0 Å². The Morgan fingerprint density at radius 1 is 1.33 bits per heavy atom. The molecule has 0 saturated heterocycles. The fourth-order valence-corrected chi connectivity index (χ4v) is 2.23. The van der Waals surface area contributed by atoms with Crippen LogP contribution < -0.4 is 14.8 Å². The van der Waals surface area contributed by atoms with E-state index in [1.165, 1.54) is 12.8 Å². The molecule has 2 rings (SSSR count). The molecule has 4 nitrogen and oxygen atoms in total. The molecule has 1 N–H and O–H groups in total. The van der Waals surface area contributed by atoms with Gasteiger partial charge < -0.3 is 19.5 Å². The van der Waals surface area contributed by atoms with Gasteiger partial charge in [0.1, 0.15) is 0 Å². The summed E-state index contributed by atoms with van der Waals surface area (Å²) in [5.41, 5.74) is 1.07. The Balaban J connectivity index is 1.94. The largest absolute Gasteiger partial charge is 0.493 e. The van der Waals surface area contributed by atoms with E-state index in [0.717, 1.165) is 24.6 Å². The van der Waals surface area contributed by atoms with Gasteiger partial charge in [0.25, 0.3) is 0 Å². The smallest absolute Gasteiger partial charge is 0.189 e. The van der Waals surface area contributed by atoms with Crippen molar-refractivity contribution in [1.29, 1.82) is 0 Å². The van der Waals surface area contributed by atoms with E-state index < -0.39 is 0 Å². The van der Waals surface area contributed by atoms with Crippen molar-refractivity contribution in [2.45, 2.75) is 39.3 Å². The lowest BCUT2D eigenvalue weighted by Crippen LogP contribution is -2.21. The van der Waals surface area contributed by atoms with Crippen LogP contribution in [0, 0.1) is 5.92 Å². The minimum absolute atomic E-state index is 0.205. The van der Waals surface area contributed by atoms with Gasteiger partial charge in [0.2, 0.25) is 0 Å². The van der Waals surface area contributed by atoms with Crippen LogP contribution in [-0.2, 0) is 11.3 Å². The van der Waals surface area contributed by atoms with Gasteiger partial charge in [-0.25, -0.2) is 0 Å². The first-order valence-corrected chi connectivity index (χ1v) is 7.78. The van der Waals surface area contributed by atoms with Crippen molar-refractivity contribution in [2.75, 3.05) is 20.5 Å². The monoisotopic (exact) mass is 313 g/mol. The third-order valence-corrected chi connectivity index (χ3v) is 3.62. The average molecular weight is 314 g/mol. The Labute approximate surface area is 131 Å². The first kappa shape index (κ1) is 16.4. The molecule has 0 heterocycles. The van der Waals surface area contributed by atoms with Crippen LogP contribution in [0.25, 0.3) is 0 Å². The zero-order valence-corrected chi connectivity index (χ0v) is 13.7. The number of halogens is 1. The molecule has 1 aliphatic rings. The molecule has 0 amide bonds. The second-order valence-corrected chi connectivity index (χ2v) is 6.13. The highest BCUT2D eigenvalue weighted by Gasteiger charge is 2.21. The maximum Gasteiger partial charge on any atom is 0.189 e. The number of rotatable bonds is 9. The number of benzene rings is 1. The first-order valence-electron chi connectivity index (χ1n) is 7.40. The summed E-state index contributed by atoms with van der Waals surface area (Å²) in [4.78, 5) is 0. The zero-order chi connectivity index (χ0) is 15.2. The van der Waals surface area contributed by atoms with Crippen molar-refractivity contribution in [1.82, 2.24) is 5.32 Å². The second kappa shape index (κ2) is 7.87. The lowest BCUT2D eigenvalue weighted by atomic mass is 10.2. The molecule has 1 aliphatic carbocycles. The molecule has 0 atom stereocenters. The summed E-state index contributed by atoms with van der Waals surface area (Å²) in [6.07, 6.45) is 2.53. The maximum absolute atomic E-state index is 6.29. The van der Waals surface area contributed by atoms with Crippen LogP contribution in [0.15, 0.2) is 12.1 Å². The fourth-order valence-electron chi connectivity index (χ4n) is 1.94. The molecule has 0 radical (unpaired) electrons. The highest BCUT2D eigenvalue weighted by molar-refractivity contribution is 6.32. The third kappa shape index (κ3) is 5.38. The highest BCUT2D eigenvalue weighted by atomic mass is 35.5. The van der Waals surface area contributed by atoms with Crippen LogP contribution in [0.2, 0.25) is 5.02 Å². The summed E-state index contributed by atoms with van der Waals surface area (Å²) < 4.78 is 16.5. The van der Waals surface area contributed by atoms with Gasteiger partial charge in [-0.05, 0) is 36.5 Å². The van der Waals surface area contributed by atoms with E-state index in [0.29, 0.717) is 22.6 Å². The van der Waals surface area contributed by atoms with Gasteiger partial charge >= 0.3 is 0 Å². The predicted octanol–water partition coefficient (Wildman–Crippen LogP) is 3.61. The van der Waals surface area contributed by atoms with Gasteiger partial charge in [0.05, 0.1) is 18.7 Å². The van der Waals surface area contributed by atoms with Crippen molar-refractivity contribution in [3.63, 3.8) is 0 Å². The molecule has 21 heavy (non-hydrogen) atoms. The van der Waals surface area contributed by atoms with Gasteiger partial charge in [0, 0.05) is 12.6 Å². The van der Waals surface area contributed by atoms with Gasteiger partial charge in [-0.3, -0.25) is 0 Å². The van der Waals surface area contributed by atoms with E-state index >= 15 is 0 Å². The SMILES string of the molecule is COc1cc(CNC(C)C)cc(Cl)c1OCOCC1CC1. The van der Waals surface area contributed by atoms with E-state index in [4.69, 9.17) is 25.8 Å². The molecule has 0 spiro atoms. The van der Waals surface area contributed by atoms with Crippen molar-refractivity contribution >= 4 is 11.6 Å². The molecule has 1 fully saturated rings. The molecule has 0 aliphatic heterocycles. The number of hydrogen-bond donors (Lipinski definition) is 1. The number of nitrogens with one attached hydrogen (secondary N) is 1. The molecule has 0 unspecified atom stereocenters. The lowest BCUT2D eigenvalue weighted by molar-refractivity contribution is 0.00870. The van der Waals surface area contributed by atoms with Crippen LogP contribution in [-0.4, -0.2) is 26.6 Å². The standard InChI is InChI=1S/C16H24ClNO3/c1-11(2)18-8-13-6-14(17)16(15(7-13)19-3)21-10-20-9-12-4-5-12/h6-7,11-12,18H,4-5,8-10H2,1-3H3. The summed E-state index contributed by atoms with van der Waals surface area (Å²) in [5, 5.41) is 3.90. The normalized spacial score (nSPS) is 14.5. The molecular weight excluding hydrogens is 290 g/mol. The van der Waals surface area contributed by atoms with Crippen molar-refractivity contribution < 1.29 is 14.2 Å². The number of hydrogen-bond acceptors (Lipinski definition) is 4. The van der Waals surface area contributed by atoms with Crippen molar-refractivity contribution in [3.05, 3.63) is 22.7 Å². The van der Waals surface area contributed by atoms with E-state index in [9.17, 15) is 0 Å². The quantitative estimate of drug-likeness (QED) is 0.558. The summed E-state index contributed by atoms with van der Waals surface area (Å²) in [6.45, 7) is 5.92. The molecule has 0 aromatic heterocycles. The van der Waals surface area contributed by atoms with Gasteiger partial charge in [0.15, 0.2) is 18.3 Å². The molecular formula is C16H24ClNO3. The summed E-state index contributed by atoms with van der Waals surface area (Å²) >= 11 is 6.29. The zero-order valence-electron chi connectivity index (χ0n) is 12.9. The third-order valence-electron chi connectivity index (χ3n) is 3.34. The van der Waals surface area contributed by atoms with Crippen molar-refractivity contribution in [2.24, 2.45) is 5.92 Å². The van der Waals surface area contributed by atoms with Crippen LogP contribution in [0.3, 0.4) is 0 Å². The molecule has 118 valence electrons. The van der Waals surface area contributed by atoms with E-state index in [1.807, 2.05) is 12.1 Å². The Morgan fingerprint density at radius 2 is 2.10 bits per heavy atom. The molecule has 5 heteroatoms. The van der Waals surface area contributed by atoms with Crippen LogP contribution >= 0.6 is 11.6 Å². The van der Waals surface area contributed by atoms with Gasteiger partial charge in [-0.1, -0.05) is 25.4 Å². The minimum atomic E-state index is 0.205. The minimum Gasteiger partial charge on any atom is -0.493 e. The average Bonchev–Trinajstić information content (AvgIpc) is 3.26. The van der Waals surface area contributed by atoms with E-state index in [-0.39, 0.29) is 6.79 Å². The topological polar surface area (TPSA) is 39.7 Å². The Bertz CT molecular complexity index is 461. The predicted molar refractivity (Wildman–Crippen MR) is 84.2 cm³/mol. The Morgan fingerprint density at radius 3 is 2.71 bits per heavy atom. The molecule has 1 aromatic carbocycles. The fraction of sp³-hybridized carbons (Fsp3) is 0.625. The van der Waals surface area contributed by atoms with E-state index in [2.05, 4.69) is 19.2 Å². The summed E-state index contributed by atoms with van der Waals surface area (Å²) in [7, 11) is 1.61.